The number of ether oxygens (including phenoxy) is 3. The van der Waals surface area contributed by atoms with E-state index in [-0.39, 0.29) is 6.61 Å². The standard InChI is InChI=1S/C15H21NO8/c1-7-5-8(6-22-15(21)16-2)3-4-9(7)23-14-12(19)10(17)11(18)13(20)24-14/h3-5,10-14,17-20H,6H2,1-2H3,(H,16,21)/t10-,11-,12+,13-,14+/m0/s1. The van der Waals surface area contributed by atoms with Crippen LogP contribution in [0.1, 0.15) is 11.1 Å². The third kappa shape index (κ3) is 4.13. The molecule has 5 atom stereocenters. The van der Waals surface area contributed by atoms with Gasteiger partial charge in [-0.15, -0.1) is 0 Å². The Morgan fingerprint density at radius 1 is 1.21 bits per heavy atom. The van der Waals surface area contributed by atoms with Crippen LogP contribution in [0.5, 0.6) is 5.75 Å². The van der Waals surface area contributed by atoms with Crippen LogP contribution in [0.2, 0.25) is 0 Å². The first kappa shape index (κ1) is 18.4. The lowest BCUT2D eigenvalue weighted by Crippen LogP contribution is -2.59. The predicted molar refractivity (Wildman–Crippen MR) is 80.0 cm³/mol. The fourth-order valence-corrected chi connectivity index (χ4v) is 2.21. The highest BCUT2D eigenvalue weighted by atomic mass is 16.7. The van der Waals surface area contributed by atoms with Crippen LogP contribution < -0.4 is 10.1 Å². The molecule has 5 N–H and O–H groups in total. The van der Waals surface area contributed by atoms with Gasteiger partial charge in [-0.05, 0) is 30.2 Å². The second kappa shape index (κ2) is 7.77. The highest BCUT2D eigenvalue weighted by Gasteiger charge is 2.44. The molecule has 9 heteroatoms. The maximum Gasteiger partial charge on any atom is 0.407 e. The van der Waals surface area contributed by atoms with Crippen molar-refractivity contribution in [1.29, 1.82) is 0 Å². The van der Waals surface area contributed by atoms with Crippen LogP contribution in [0.3, 0.4) is 0 Å². The Kier molecular flexibility index (Phi) is 5.97. The molecule has 0 saturated carbocycles. The molecular weight excluding hydrogens is 322 g/mol. The number of aliphatic hydroxyl groups excluding tert-OH is 4. The summed E-state index contributed by atoms with van der Waals surface area (Å²) in [6.07, 6.45) is -8.31. The van der Waals surface area contributed by atoms with Crippen LogP contribution in [0.15, 0.2) is 18.2 Å². The normalized spacial score (nSPS) is 29.8. The number of benzene rings is 1. The number of rotatable bonds is 4. The van der Waals surface area contributed by atoms with E-state index < -0.39 is 37.0 Å². The van der Waals surface area contributed by atoms with E-state index in [4.69, 9.17) is 14.2 Å². The van der Waals surface area contributed by atoms with Gasteiger partial charge in [0.05, 0.1) is 0 Å². The maximum atomic E-state index is 11.1. The molecule has 2 rings (SSSR count). The number of carbonyl (C=O) groups is 1. The summed E-state index contributed by atoms with van der Waals surface area (Å²) in [6, 6.07) is 4.95. The molecule has 1 amide bonds. The Labute approximate surface area is 138 Å². The average Bonchev–Trinajstić information content (AvgIpc) is 2.57. The summed E-state index contributed by atoms with van der Waals surface area (Å²) in [6.45, 7) is 1.81. The van der Waals surface area contributed by atoms with Crippen molar-refractivity contribution in [3.05, 3.63) is 29.3 Å². The van der Waals surface area contributed by atoms with Gasteiger partial charge in [0.1, 0.15) is 30.7 Å². The SMILES string of the molecule is CNC(=O)OCc1ccc(O[C@@H]2O[C@H](O)[C@@H](O)[C@H](O)[C@H]2O)c(C)c1. The molecule has 0 bridgehead atoms. The Bertz CT molecular complexity index is 581. The second-order valence-electron chi connectivity index (χ2n) is 5.41. The highest BCUT2D eigenvalue weighted by molar-refractivity contribution is 5.66. The molecule has 0 unspecified atom stereocenters. The molecule has 0 spiro atoms. The van der Waals surface area contributed by atoms with Gasteiger partial charge in [0.2, 0.25) is 6.29 Å². The van der Waals surface area contributed by atoms with Gasteiger partial charge in [-0.1, -0.05) is 6.07 Å². The first-order valence-electron chi connectivity index (χ1n) is 7.32. The van der Waals surface area contributed by atoms with Crippen molar-refractivity contribution in [1.82, 2.24) is 5.32 Å². The summed E-state index contributed by atoms with van der Waals surface area (Å²) in [5, 5.41) is 40.8. The molecule has 1 aliphatic heterocycles. The lowest BCUT2D eigenvalue weighted by molar-refractivity contribution is -0.321. The van der Waals surface area contributed by atoms with Crippen LogP contribution in [-0.2, 0) is 16.1 Å². The van der Waals surface area contributed by atoms with Crippen LogP contribution >= 0.6 is 0 Å². The van der Waals surface area contributed by atoms with Crippen LogP contribution in [0, 0.1) is 6.92 Å². The summed E-state index contributed by atoms with van der Waals surface area (Å²) in [7, 11) is 1.46. The van der Waals surface area contributed by atoms with Crippen LogP contribution in [-0.4, -0.2) is 64.5 Å². The van der Waals surface area contributed by atoms with E-state index in [1.807, 2.05) is 0 Å². The van der Waals surface area contributed by atoms with E-state index in [0.29, 0.717) is 11.3 Å². The van der Waals surface area contributed by atoms with Crippen molar-refractivity contribution >= 4 is 6.09 Å². The van der Waals surface area contributed by atoms with Gasteiger partial charge in [-0.2, -0.15) is 0 Å². The topological polar surface area (TPSA) is 138 Å². The molecule has 0 radical (unpaired) electrons. The molecule has 1 heterocycles. The molecule has 0 aliphatic carbocycles. The van der Waals surface area contributed by atoms with Gasteiger partial charge in [0.25, 0.3) is 0 Å². The third-order valence-corrected chi connectivity index (χ3v) is 3.60. The Morgan fingerprint density at radius 2 is 1.92 bits per heavy atom. The number of aryl methyl sites for hydroxylation is 1. The zero-order valence-electron chi connectivity index (χ0n) is 13.2. The summed E-state index contributed by atoms with van der Waals surface area (Å²) in [4.78, 5) is 11.1. The summed E-state index contributed by atoms with van der Waals surface area (Å²) < 4.78 is 15.4. The van der Waals surface area contributed by atoms with E-state index in [2.05, 4.69) is 5.32 Å². The Morgan fingerprint density at radius 3 is 2.54 bits per heavy atom. The van der Waals surface area contributed by atoms with Gasteiger partial charge in [0, 0.05) is 7.05 Å². The van der Waals surface area contributed by atoms with Crippen LogP contribution in [0.25, 0.3) is 0 Å². The molecule has 24 heavy (non-hydrogen) atoms. The number of carbonyl (C=O) groups excluding carboxylic acids is 1. The number of nitrogens with one attached hydrogen (secondary N) is 1. The van der Waals surface area contributed by atoms with Crippen molar-refractivity contribution in [2.24, 2.45) is 0 Å². The molecule has 1 fully saturated rings. The maximum absolute atomic E-state index is 11.1. The van der Waals surface area contributed by atoms with Crippen molar-refractivity contribution in [3.8, 4) is 5.75 Å². The molecule has 1 aromatic carbocycles. The van der Waals surface area contributed by atoms with E-state index in [1.54, 1.807) is 25.1 Å². The van der Waals surface area contributed by atoms with Gasteiger partial charge >= 0.3 is 6.09 Å². The van der Waals surface area contributed by atoms with Crippen molar-refractivity contribution in [2.45, 2.75) is 44.4 Å². The number of amides is 1. The Balaban J connectivity index is 2.03. The van der Waals surface area contributed by atoms with E-state index in [9.17, 15) is 25.2 Å². The molecule has 1 saturated heterocycles. The highest BCUT2D eigenvalue weighted by Crippen LogP contribution is 2.26. The third-order valence-electron chi connectivity index (χ3n) is 3.60. The largest absolute Gasteiger partial charge is 0.462 e. The zero-order valence-corrected chi connectivity index (χ0v) is 13.2. The number of hydrogen-bond acceptors (Lipinski definition) is 8. The molecule has 9 nitrogen and oxygen atoms in total. The second-order valence-corrected chi connectivity index (χ2v) is 5.41. The molecule has 0 aromatic heterocycles. The van der Waals surface area contributed by atoms with Gasteiger partial charge < -0.3 is 40.0 Å². The van der Waals surface area contributed by atoms with Crippen LogP contribution in [0.4, 0.5) is 4.79 Å². The molecule has 134 valence electrons. The fourth-order valence-electron chi connectivity index (χ4n) is 2.21. The molecule has 1 aliphatic rings. The van der Waals surface area contributed by atoms with Gasteiger partial charge in [0.15, 0.2) is 6.29 Å². The summed E-state index contributed by atoms with van der Waals surface area (Å²) >= 11 is 0. The lowest BCUT2D eigenvalue weighted by atomic mass is 10.0. The first-order valence-corrected chi connectivity index (χ1v) is 7.32. The van der Waals surface area contributed by atoms with E-state index in [0.717, 1.165) is 5.56 Å². The number of hydrogen-bond donors (Lipinski definition) is 5. The number of aliphatic hydroxyl groups is 4. The zero-order chi connectivity index (χ0) is 17.9. The quantitative estimate of drug-likeness (QED) is 0.469. The minimum atomic E-state index is -1.67. The van der Waals surface area contributed by atoms with Gasteiger partial charge in [-0.3, -0.25) is 0 Å². The molecule has 1 aromatic rings. The van der Waals surface area contributed by atoms with E-state index in [1.165, 1.54) is 7.05 Å². The van der Waals surface area contributed by atoms with Crippen molar-refractivity contribution < 1.29 is 39.4 Å². The smallest absolute Gasteiger partial charge is 0.407 e. The average molecular weight is 343 g/mol. The summed E-state index contributed by atoms with van der Waals surface area (Å²) in [5.74, 6) is 0.346. The van der Waals surface area contributed by atoms with E-state index >= 15 is 0 Å². The van der Waals surface area contributed by atoms with Crippen molar-refractivity contribution in [3.63, 3.8) is 0 Å². The summed E-state index contributed by atoms with van der Waals surface area (Å²) in [5.41, 5.74) is 1.39. The predicted octanol–water partition coefficient (Wildman–Crippen LogP) is -1.01. The monoisotopic (exact) mass is 343 g/mol. The number of alkyl carbamates (subject to hydrolysis) is 1. The minimum Gasteiger partial charge on any atom is -0.462 e. The lowest BCUT2D eigenvalue weighted by Gasteiger charge is -2.38. The fraction of sp³-hybridized carbons (Fsp3) is 0.533. The Hall–Kier alpha value is -1.91. The first-order chi connectivity index (χ1) is 11.3. The van der Waals surface area contributed by atoms with Gasteiger partial charge in [-0.25, -0.2) is 4.79 Å². The minimum absolute atomic E-state index is 0.0764. The van der Waals surface area contributed by atoms with Crippen molar-refractivity contribution in [2.75, 3.05) is 7.05 Å². The molecular formula is C15H21NO8.